The van der Waals surface area contributed by atoms with Crippen molar-refractivity contribution in [2.75, 3.05) is 0 Å². The molecule has 0 unspecified atom stereocenters. The SMILES string of the molecule is CCCCC1=Cc2c(cccc2-c2cc3ccccc3c3ccccc23)C1. The summed E-state index contributed by atoms with van der Waals surface area (Å²) in [4.78, 5) is 0. The second-order valence-electron chi connectivity index (χ2n) is 7.65. The Labute approximate surface area is 161 Å². The average molecular weight is 348 g/mol. The van der Waals surface area contributed by atoms with Crippen LogP contribution in [0.4, 0.5) is 0 Å². The Morgan fingerprint density at radius 2 is 1.52 bits per heavy atom. The van der Waals surface area contributed by atoms with Crippen molar-refractivity contribution in [3.05, 3.63) is 89.5 Å². The van der Waals surface area contributed by atoms with E-state index in [1.807, 2.05) is 0 Å². The number of hydrogen-bond acceptors (Lipinski definition) is 0. The Kier molecular flexibility index (Phi) is 4.05. The highest BCUT2D eigenvalue weighted by Crippen LogP contribution is 2.40. The van der Waals surface area contributed by atoms with Crippen LogP contribution >= 0.6 is 0 Å². The minimum absolute atomic E-state index is 1.12. The molecule has 0 N–H and O–H groups in total. The summed E-state index contributed by atoms with van der Waals surface area (Å²) in [6.45, 7) is 2.27. The van der Waals surface area contributed by atoms with Crippen LogP contribution in [0.25, 0.3) is 38.7 Å². The summed E-state index contributed by atoms with van der Waals surface area (Å²) in [5, 5.41) is 5.34. The highest BCUT2D eigenvalue weighted by atomic mass is 14.2. The van der Waals surface area contributed by atoms with Crippen molar-refractivity contribution in [1.29, 1.82) is 0 Å². The van der Waals surface area contributed by atoms with Crippen molar-refractivity contribution in [2.45, 2.75) is 32.6 Å². The average Bonchev–Trinajstić information content (AvgIpc) is 3.15. The molecule has 0 spiro atoms. The maximum atomic E-state index is 2.46. The number of allylic oxidation sites excluding steroid dienone is 1. The maximum Gasteiger partial charge on any atom is -0.00576 e. The minimum Gasteiger partial charge on any atom is -0.0654 e. The van der Waals surface area contributed by atoms with Crippen molar-refractivity contribution in [1.82, 2.24) is 0 Å². The molecule has 0 amide bonds. The molecule has 0 saturated heterocycles. The van der Waals surface area contributed by atoms with Gasteiger partial charge in [-0.15, -0.1) is 0 Å². The number of fused-ring (bicyclic) bond motifs is 4. The van der Waals surface area contributed by atoms with Crippen LogP contribution in [0.5, 0.6) is 0 Å². The van der Waals surface area contributed by atoms with E-state index in [4.69, 9.17) is 0 Å². The monoisotopic (exact) mass is 348 g/mol. The Morgan fingerprint density at radius 3 is 2.37 bits per heavy atom. The van der Waals surface area contributed by atoms with E-state index in [1.54, 1.807) is 5.57 Å². The molecule has 0 aromatic heterocycles. The van der Waals surface area contributed by atoms with Crippen molar-refractivity contribution in [2.24, 2.45) is 0 Å². The summed E-state index contributed by atoms with van der Waals surface area (Å²) in [6, 6.07) is 26.8. The molecule has 0 nitrogen and oxygen atoms in total. The zero-order valence-electron chi connectivity index (χ0n) is 15.8. The molecule has 0 saturated carbocycles. The van der Waals surface area contributed by atoms with E-state index >= 15 is 0 Å². The molecule has 0 heterocycles. The summed E-state index contributed by atoms with van der Waals surface area (Å²) in [7, 11) is 0. The number of rotatable bonds is 4. The van der Waals surface area contributed by atoms with Crippen molar-refractivity contribution < 1.29 is 0 Å². The van der Waals surface area contributed by atoms with Gasteiger partial charge in [0.25, 0.3) is 0 Å². The van der Waals surface area contributed by atoms with Gasteiger partial charge in [-0.25, -0.2) is 0 Å². The van der Waals surface area contributed by atoms with Crippen LogP contribution < -0.4 is 0 Å². The van der Waals surface area contributed by atoms with Crippen LogP contribution in [0.2, 0.25) is 0 Å². The molecule has 132 valence electrons. The molecule has 0 bridgehead atoms. The van der Waals surface area contributed by atoms with Gasteiger partial charge in [-0.2, -0.15) is 0 Å². The molecular formula is C27H24. The van der Waals surface area contributed by atoms with Crippen molar-refractivity contribution in [3.8, 4) is 11.1 Å². The predicted molar refractivity (Wildman–Crippen MR) is 118 cm³/mol. The fraction of sp³-hybridized carbons (Fsp3) is 0.185. The van der Waals surface area contributed by atoms with E-state index in [2.05, 4.69) is 85.8 Å². The highest BCUT2D eigenvalue weighted by molar-refractivity contribution is 6.14. The lowest BCUT2D eigenvalue weighted by atomic mass is 9.90. The van der Waals surface area contributed by atoms with E-state index < -0.39 is 0 Å². The van der Waals surface area contributed by atoms with Gasteiger partial charge in [0, 0.05) is 0 Å². The lowest BCUT2D eigenvalue weighted by Crippen LogP contribution is -1.90. The summed E-state index contributed by atoms with van der Waals surface area (Å²) >= 11 is 0. The molecular weight excluding hydrogens is 324 g/mol. The second-order valence-corrected chi connectivity index (χ2v) is 7.65. The summed E-state index contributed by atoms with van der Waals surface area (Å²) < 4.78 is 0. The molecule has 4 aromatic rings. The molecule has 0 fully saturated rings. The van der Waals surface area contributed by atoms with Gasteiger partial charge in [-0.3, -0.25) is 0 Å². The van der Waals surface area contributed by atoms with Gasteiger partial charge in [0.15, 0.2) is 0 Å². The Balaban J connectivity index is 1.76. The first-order chi connectivity index (χ1) is 13.3. The Bertz CT molecular complexity index is 1180. The standard InChI is InChI=1S/C27H24/c1-2-3-9-19-16-20-11-8-15-25(26(20)17-19)27-18-21-10-4-5-12-22(21)23-13-6-7-14-24(23)27/h4-8,10-15,17-18H,2-3,9,16H2,1H3. The smallest absolute Gasteiger partial charge is 0.00576 e. The number of unbranched alkanes of at least 4 members (excludes halogenated alkanes) is 1. The lowest BCUT2D eigenvalue weighted by Gasteiger charge is -2.13. The quantitative estimate of drug-likeness (QED) is 0.330. The van der Waals surface area contributed by atoms with E-state index in [0.29, 0.717) is 0 Å². The number of hydrogen-bond donors (Lipinski definition) is 0. The topological polar surface area (TPSA) is 0 Å². The van der Waals surface area contributed by atoms with Gasteiger partial charge in [-0.05, 0) is 69.1 Å². The molecule has 1 aliphatic carbocycles. The fourth-order valence-electron chi connectivity index (χ4n) is 4.51. The third kappa shape index (κ3) is 2.77. The largest absolute Gasteiger partial charge is 0.0654 e. The van der Waals surface area contributed by atoms with Gasteiger partial charge in [0.1, 0.15) is 0 Å². The van der Waals surface area contributed by atoms with Crippen LogP contribution in [0, 0.1) is 0 Å². The molecule has 1 aliphatic rings. The second kappa shape index (κ2) is 6.70. The van der Waals surface area contributed by atoms with E-state index in [9.17, 15) is 0 Å². The number of benzene rings is 4. The summed E-state index contributed by atoms with van der Waals surface area (Å²) in [6.07, 6.45) is 7.35. The van der Waals surface area contributed by atoms with Crippen LogP contribution in [-0.2, 0) is 6.42 Å². The lowest BCUT2D eigenvalue weighted by molar-refractivity contribution is 0.779. The third-order valence-corrected chi connectivity index (χ3v) is 5.87. The molecule has 0 aliphatic heterocycles. The molecule has 4 aromatic carbocycles. The van der Waals surface area contributed by atoms with Crippen molar-refractivity contribution in [3.63, 3.8) is 0 Å². The minimum atomic E-state index is 1.12. The van der Waals surface area contributed by atoms with Crippen LogP contribution in [0.3, 0.4) is 0 Å². The van der Waals surface area contributed by atoms with Crippen LogP contribution in [0.1, 0.15) is 37.3 Å². The summed E-state index contributed by atoms with van der Waals surface area (Å²) in [5.41, 5.74) is 7.24. The zero-order valence-corrected chi connectivity index (χ0v) is 15.8. The normalized spacial score (nSPS) is 13.1. The maximum absolute atomic E-state index is 2.46. The van der Waals surface area contributed by atoms with Gasteiger partial charge < -0.3 is 0 Å². The first-order valence-corrected chi connectivity index (χ1v) is 10.1. The Hall–Kier alpha value is -2.86. The van der Waals surface area contributed by atoms with E-state index in [-0.39, 0.29) is 0 Å². The molecule has 0 atom stereocenters. The molecule has 0 heteroatoms. The summed E-state index contributed by atoms with van der Waals surface area (Å²) in [5.74, 6) is 0. The highest BCUT2D eigenvalue weighted by Gasteiger charge is 2.18. The van der Waals surface area contributed by atoms with Gasteiger partial charge >= 0.3 is 0 Å². The molecule has 27 heavy (non-hydrogen) atoms. The van der Waals surface area contributed by atoms with E-state index in [0.717, 1.165) is 6.42 Å². The molecule has 0 radical (unpaired) electrons. The van der Waals surface area contributed by atoms with Gasteiger partial charge in [0.05, 0.1) is 0 Å². The predicted octanol–water partition coefficient (Wildman–Crippen LogP) is 7.79. The third-order valence-electron chi connectivity index (χ3n) is 5.87. The zero-order chi connectivity index (χ0) is 18.2. The molecule has 5 rings (SSSR count). The first-order valence-electron chi connectivity index (χ1n) is 10.1. The van der Waals surface area contributed by atoms with Gasteiger partial charge in [-0.1, -0.05) is 91.7 Å². The van der Waals surface area contributed by atoms with Crippen LogP contribution in [0.15, 0.2) is 78.4 Å². The fourth-order valence-corrected chi connectivity index (χ4v) is 4.51. The Morgan fingerprint density at radius 1 is 0.741 bits per heavy atom. The van der Waals surface area contributed by atoms with Gasteiger partial charge in [0.2, 0.25) is 0 Å². The van der Waals surface area contributed by atoms with E-state index in [1.165, 1.54) is 63.1 Å². The van der Waals surface area contributed by atoms with Crippen molar-refractivity contribution >= 4 is 27.6 Å². The van der Waals surface area contributed by atoms with Crippen LogP contribution in [-0.4, -0.2) is 0 Å². The first kappa shape index (κ1) is 16.3.